The van der Waals surface area contributed by atoms with Crippen molar-refractivity contribution < 1.29 is 8.23 Å². The maximum atomic E-state index is 5.84. The van der Waals surface area contributed by atoms with Crippen molar-refractivity contribution in [2.75, 3.05) is 0 Å². The summed E-state index contributed by atoms with van der Waals surface area (Å²) in [5.74, 6) is 0. The summed E-state index contributed by atoms with van der Waals surface area (Å²) in [5, 5.41) is 0. The van der Waals surface area contributed by atoms with Crippen molar-refractivity contribution in [2.24, 2.45) is 0 Å². The van der Waals surface area contributed by atoms with Crippen LogP contribution in [-0.2, 0) is 8.23 Å². The van der Waals surface area contributed by atoms with E-state index in [-0.39, 0.29) is 14.9 Å². The van der Waals surface area contributed by atoms with Crippen molar-refractivity contribution in [2.45, 2.75) is 54.1 Å². The van der Waals surface area contributed by atoms with Crippen LogP contribution in [-0.4, -0.2) is 26.6 Å². The van der Waals surface area contributed by atoms with Crippen LogP contribution in [0.5, 0.6) is 0 Å². The minimum Gasteiger partial charge on any atom is -0.442 e. The molecule has 0 aliphatic rings. The van der Waals surface area contributed by atoms with E-state index in [0.717, 1.165) is 0 Å². The molecule has 13 heavy (non-hydrogen) atoms. The zero-order valence-corrected chi connectivity index (χ0v) is 11.8. The molecule has 0 aromatic heterocycles. The Morgan fingerprint density at radius 3 is 1.54 bits per heavy atom. The van der Waals surface area contributed by atoms with Gasteiger partial charge in [0, 0.05) is 0 Å². The van der Waals surface area contributed by atoms with E-state index in [2.05, 4.69) is 39.3 Å². The monoisotopic (exact) mass is 240 g/mol. The zero-order valence-electron chi connectivity index (χ0n) is 8.47. The predicted octanol–water partition coefficient (Wildman–Crippen LogP) is 2.96. The number of rotatable bonds is 4. The highest BCUT2D eigenvalue weighted by Crippen LogP contribution is 2.06. The van der Waals surface area contributed by atoms with Crippen LogP contribution in [0.15, 0.2) is 0 Å². The van der Waals surface area contributed by atoms with E-state index in [0.29, 0.717) is 0 Å². The maximum absolute atomic E-state index is 5.84. The molecule has 0 heterocycles. The number of hydrogen-bond donors (Lipinski definition) is 0. The average Bonchev–Trinajstić information content (AvgIpc) is 1.53. The van der Waals surface area contributed by atoms with Crippen LogP contribution in [0.3, 0.4) is 0 Å². The van der Waals surface area contributed by atoms with Gasteiger partial charge in [-0.3, -0.25) is 0 Å². The first kappa shape index (κ1) is 19.2. The summed E-state index contributed by atoms with van der Waals surface area (Å²) in [4.78, 5) is 0. The fraction of sp³-hybridized carbons (Fsp3) is 1.00. The van der Waals surface area contributed by atoms with Gasteiger partial charge in [-0.1, -0.05) is 14.9 Å². The summed E-state index contributed by atoms with van der Waals surface area (Å²) < 4.78 is 11.6. The Labute approximate surface area is 89.4 Å². The van der Waals surface area contributed by atoms with Gasteiger partial charge in [0.1, 0.15) is 0 Å². The molecule has 1 unspecified atom stereocenters. The van der Waals surface area contributed by atoms with Crippen LogP contribution >= 0.6 is 0 Å². The van der Waals surface area contributed by atoms with E-state index >= 15 is 0 Å². The molecule has 0 aliphatic heterocycles. The van der Waals surface area contributed by atoms with Crippen LogP contribution in [0.1, 0.15) is 14.9 Å². The van der Waals surface area contributed by atoms with Crippen molar-refractivity contribution in [1.82, 2.24) is 0 Å². The first-order valence-corrected chi connectivity index (χ1v) is 12.4. The molecule has 0 N–H and O–H groups in total. The van der Waals surface area contributed by atoms with Crippen LogP contribution in [0.2, 0.25) is 39.3 Å². The van der Waals surface area contributed by atoms with E-state index < -0.39 is 26.6 Å². The molecule has 0 radical (unpaired) electrons. The van der Waals surface area contributed by atoms with Crippen molar-refractivity contribution in [1.29, 1.82) is 0 Å². The number of hydrogen-bond acceptors (Lipinski definition) is 2. The highest BCUT2D eigenvalue weighted by Gasteiger charge is 2.20. The van der Waals surface area contributed by atoms with Crippen LogP contribution in [0.4, 0.5) is 0 Å². The predicted molar refractivity (Wildman–Crippen MR) is 70.9 cm³/mol. The van der Waals surface area contributed by atoms with Gasteiger partial charge in [0.25, 0.3) is 9.28 Å². The van der Waals surface area contributed by atoms with E-state index in [1.807, 2.05) is 0 Å². The van der Waals surface area contributed by atoms with Gasteiger partial charge in [-0.25, -0.2) is 0 Å². The lowest BCUT2D eigenvalue weighted by Crippen LogP contribution is -2.37. The van der Waals surface area contributed by atoms with E-state index in [4.69, 9.17) is 8.23 Å². The summed E-state index contributed by atoms with van der Waals surface area (Å²) in [6, 6.07) is 0. The Bertz CT molecular complexity index is 112. The highest BCUT2D eigenvalue weighted by molar-refractivity contribution is 6.77. The van der Waals surface area contributed by atoms with Crippen molar-refractivity contribution in [3.63, 3.8) is 0 Å². The largest absolute Gasteiger partial charge is 0.442 e. The molecule has 0 bridgehead atoms. The molecule has 1 atom stereocenters. The molecule has 0 saturated heterocycles. The van der Waals surface area contributed by atoms with Crippen molar-refractivity contribution in [3.05, 3.63) is 0 Å². The molecule has 0 spiro atoms. The van der Waals surface area contributed by atoms with Crippen LogP contribution < -0.4 is 0 Å². The molecule has 0 amide bonds. The van der Waals surface area contributed by atoms with Gasteiger partial charge >= 0.3 is 0 Å². The molecule has 5 heteroatoms. The normalized spacial score (nSPS) is 13.2. The van der Waals surface area contributed by atoms with E-state index in [1.54, 1.807) is 0 Å². The molecular weight excluding hydrogens is 212 g/mol. The van der Waals surface area contributed by atoms with Gasteiger partial charge in [0.05, 0.1) is 0 Å². The standard InChI is InChI=1S/C6H20O2Si3.2CH4/c1-9(2)7-10(3)8-11(4,5)6;;/h9-10H,1-6H3;2*1H4. The quantitative estimate of drug-likeness (QED) is 0.704. The lowest BCUT2D eigenvalue weighted by atomic mass is 11.8. The topological polar surface area (TPSA) is 18.5 Å². The summed E-state index contributed by atoms with van der Waals surface area (Å²) in [6.07, 6.45) is 0. The Kier molecular flexibility index (Phi) is 11.7. The van der Waals surface area contributed by atoms with Crippen LogP contribution in [0.25, 0.3) is 0 Å². The van der Waals surface area contributed by atoms with Crippen LogP contribution in [0, 0.1) is 0 Å². The Hall–Kier alpha value is 0.571. The van der Waals surface area contributed by atoms with Gasteiger partial charge < -0.3 is 8.23 Å². The first-order valence-electron chi connectivity index (χ1n) is 4.14. The van der Waals surface area contributed by atoms with Gasteiger partial charge in [0.2, 0.25) is 0 Å². The Balaban J connectivity index is -0.000000500. The molecule has 0 aliphatic carbocycles. The van der Waals surface area contributed by atoms with Gasteiger partial charge in [-0.2, -0.15) is 0 Å². The Morgan fingerprint density at radius 2 is 1.31 bits per heavy atom. The molecule has 0 aromatic rings. The van der Waals surface area contributed by atoms with Gasteiger partial charge in [0.15, 0.2) is 17.4 Å². The molecule has 84 valence electrons. The third-order valence-electron chi connectivity index (χ3n) is 0.983. The third kappa shape index (κ3) is 15.3. The second kappa shape index (κ2) is 7.93. The maximum Gasteiger partial charge on any atom is 0.297 e. The molecule has 0 aromatic carbocycles. The molecule has 0 rings (SSSR count). The van der Waals surface area contributed by atoms with Gasteiger partial charge in [-0.05, 0) is 39.3 Å². The average molecular weight is 241 g/mol. The second-order valence-electron chi connectivity index (χ2n) is 3.98. The SMILES string of the molecule is C.C.C[SiH](C)O[SiH](C)O[Si](C)(C)C. The van der Waals surface area contributed by atoms with Crippen molar-refractivity contribution >= 4 is 26.6 Å². The summed E-state index contributed by atoms with van der Waals surface area (Å²) in [6.45, 7) is 13.1. The first-order chi connectivity index (χ1) is 4.81. The lowest BCUT2D eigenvalue weighted by molar-refractivity contribution is 0.438. The van der Waals surface area contributed by atoms with Gasteiger partial charge in [-0.15, -0.1) is 0 Å². The van der Waals surface area contributed by atoms with E-state index in [1.165, 1.54) is 0 Å². The fourth-order valence-electron chi connectivity index (χ4n) is 0.909. The highest BCUT2D eigenvalue weighted by atomic mass is 28.4. The summed E-state index contributed by atoms with van der Waals surface area (Å²) >= 11 is 0. The van der Waals surface area contributed by atoms with Crippen molar-refractivity contribution in [3.8, 4) is 0 Å². The minimum atomic E-state index is -1.33. The van der Waals surface area contributed by atoms with E-state index in [9.17, 15) is 0 Å². The minimum absolute atomic E-state index is 0. The third-order valence-corrected chi connectivity index (χ3v) is 8.85. The summed E-state index contributed by atoms with van der Waals surface area (Å²) in [5.41, 5.74) is 0. The molecular formula is C8H28O2Si3. The summed E-state index contributed by atoms with van der Waals surface area (Å²) in [7, 11) is -3.45. The zero-order chi connectivity index (χ0) is 9.07. The molecule has 2 nitrogen and oxygen atoms in total. The Morgan fingerprint density at radius 1 is 0.923 bits per heavy atom. The molecule has 0 fully saturated rings. The second-order valence-corrected chi connectivity index (χ2v) is 13.5. The molecule has 0 saturated carbocycles. The smallest absolute Gasteiger partial charge is 0.297 e. The fourth-order valence-corrected chi connectivity index (χ4v) is 8.68. The lowest BCUT2D eigenvalue weighted by Gasteiger charge is -2.24.